The Labute approximate surface area is 164 Å². The van der Waals surface area contributed by atoms with E-state index in [-0.39, 0.29) is 40.4 Å². The van der Waals surface area contributed by atoms with Crippen LogP contribution < -0.4 is 15.4 Å². The van der Waals surface area contributed by atoms with E-state index in [1.165, 1.54) is 12.1 Å². The van der Waals surface area contributed by atoms with Crippen LogP contribution in [0.2, 0.25) is 0 Å². The van der Waals surface area contributed by atoms with Gasteiger partial charge in [-0.25, -0.2) is 17.6 Å². The van der Waals surface area contributed by atoms with E-state index in [9.17, 15) is 17.6 Å². The Morgan fingerprint density at radius 1 is 1.31 bits per heavy atom. The highest BCUT2D eigenvalue weighted by Crippen LogP contribution is 2.35. The van der Waals surface area contributed by atoms with Crippen LogP contribution in [0.3, 0.4) is 0 Å². The summed E-state index contributed by atoms with van der Waals surface area (Å²) in [6.45, 7) is 0.516. The first-order chi connectivity index (χ1) is 13.9. The van der Waals surface area contributed by atoms with Gasteiger partial charge in [0, 0.05) is 17.3 Å². The van der Waals surface area contributed by atoms with Crippen molar-refractivity contribution < 1.29 is 27.1 Å². The second kappa shape index (κ2) is 6.34. The van der Waals surface area contributed by atoms with Gasteiger partial charge < -0.3 is 14.8 Å². The summed E-state index contributed by atoms with van der Waals surface area (Å²) < 4.78 is 48.4. The van der Waals surface area contributed by atoms with Gasteiger partial charge in [0.25, 0.3) is 0 Å². The molecule has 1 unspecified atom stereocenters. The number of carbonyl (C=O) groups excluding carboxylic acids is 1. The summed E-state index contributed by atoms with van der Waals surface area (Å²) in [4.78, 5) is 12.0. The largest absolute Gasteiger partial charge is 0.496 e. The predicted molar refractivity (Wildman–Crippen MR) is 99.4 cm³/mol. The summed E-state index contributed by atoms with van der Waals surface area (Å²) in [6.07, 6.45) is 2.84. The Morgan fingerprint density at radius 3 is 2.93 bits per heavy atom. The first-order valence-electron chi connectivity index (χ1n) is 8.74. The highest BCUT2D eigenvalue weighted by molar-refractivity contribution is 7.90. The van der Waals surface area contributed by atoms with Gasteiger partial charge in [0.2, 0.25) is 5.88 Å². The van der Waals surface area contributed by atoms with E-state index in [1.807, 2.05) is 0 Å². The predicted octanol–water partition coefficient (Wildman–Crippen LogP) is 2.24. The number of ether oxygens (including phenoxy) is 2. The van der Waals surface area contributed by atoms with Crippen molar-refractivity contribution in [1.29, 1.82) is 0 Å². The molecule has 1 aliphatic carbocycles. The van der Waals surface area contributed by atoms with Gasteiger partial charge in [0.15, 0.2) is 15.7 Å². The van der Waals surface area contributed by atoms with E-state index in [1.54, 1.807) is 18.2 Å². The maximum atomic E-state index is 14.6. The number of nitrogens with zero attached hydrogens (tertiary/aromatic N) is 1. The zero-order valence-corrected chi connectivity index (χ0v) is 15.7. The minimum absolute atomic E-state index is 0.00853. The Morgan fingerprint density at radius 2 is 2.17 bits per heavy atom. The summed E-state index contributed by atoms with van der Waals surface area (Å²) in [5.74, 6) is 0.0464. The number of benzene rings is 1. The molecule has 5 rings (SSSR count). The zero-order chi connectivity index (χ0) is 20.2. The van der Waals surface area contributed by atoms with Crippen molar-refractivity contribution in [3.63, 3.8) is 0 Å². The third kappa shape index (κ3) is 3.23. The molecule has 29 heavy (non-hydrogen) atoms. The first-order valence-corrected chi connectivity index (χ1v) is 10.6. The lowest BCUT2D eigenvalue weighted by molar-refractivity contribution is 0.0689. The molecule has 2 aromatic rings. The Hall–Kier alpha value is -3.34. The lowest BCUT2D eigenvalue weighted by Crippen LogP contribution is -2.35. The van der Waals surface area contributed by atoms with Crippen molar-refractivity contribution in [2.24, 2.45) is 5.92 Å². The minimum Gasteiger partial charge on any atom is -0.496 e. The number of nitrogens with one attached hydrogen (secondary N) is 3. The van der Waals surface area contributed by atoms with E-state index in [0.717, 1.165) is 5.76 Å². The lowest BCUT2D eigenvalue weighted by atomic mass is 10.0. The zero-order valence-electron chi connectivity index (χ0n) is 14.9. The molecule has 3 aliphatic rings. The number of aromatic nitrogens is 2. The van der Waals surface area contributed by atoms with Gasteiger partial charge in [0.1, 0.15) is 18.2 Å². The van der Waals surface area contributed by atoms with Crippen LogP contribution in [-0.4, -0.2) is 31.3 Å². The van der Waals surface area contributed by atoms with Crippen molar-refractivity contribution in [3.8, 4) is 5.88 Å². The molecule has 1 aromatic heterocycles. The van der Waals surface area contributed by atoms with Crippen LogP contribution in [0.15, 0.2) is 41.8 Å². The van der Waals surface area contributed by atoms with Crippen molar-refractivity contribution in [1.82, 2.24) is 15.5 Å². The molecule has 9 nitrogen and oxygen atoms in total. The minimum atomic E-state index is -3.31. The lowest BCUT2D eigenvalue weighted by Gasteiger charge is -2.28. The third-order valence-corrected chi connectivity index (χ3v) is 6.39. The molecule has 11 heteroatoms. The van der Waals surface area contributed by atoms with Crippen LogP contribution in [0, 0.1) is 11.7 Å². The summed E-state index contributed by atoms with van der Waals surface area (Å²) in [6, 6.07) is 4.43. The second-order valence-electron chi connectivity index (χ2n) is 6.91. The number of rotatable bonds is 4. The van der Waals surface area contributed by atoms with Crippen LogP contribution in [-0.2, 0) is 26.1 Å². The van der Waals surface area contributed by atoms with Crippen molar-refractivity contribution in [2.45, 2.75) is 11.5 Å². The monoisotopic (exact) mass is 418 g/mol. The molecule has 0 saturated carbocycles. The summed E-state index contributed by atoms with van der Waals surface area (Å²) in [5.41, 5.74) is 1.43. The van der Waals surface area contributed by atoms with Gasteiger partial charge in [-0.1, -0.05) is 6.07 Å². The van der Waals surface area contributed by atoms with E-state index in [2.05, 4.69) is 20.8 Å². The number of anilines is 2. The third-order valence-electron chi connectivity index (χ3n) is 4.91. The molecule has 150 valence electrons. The number of hydrogen-bond acceptors (Lipinski definition) is 7. The van der Waals surface area contributed by atoms with E-state index >= 15 is 0 Å². The van der Waals surface area contributed by atoms with Crippen LogP contribution in [0.25, 0.3) is 0 Å². The molecule has 0 spiro atoms. The fourth-order valence-corrected chi connectivity index (χ4v) is 5.05. The Balaban J connectivity index is 1.24. The number of aromatic amines is 1. The Bertz CT molecular complexity index is 1200. The van der Waals surface area contributed by atoms with Gasteiger partial charge in [-0.05, 0) is 23.8 Å². The van der Waals surface area contributed by atoms with Crippen LogP contribution in [0.1, 0.15) is 11.1 Å². The van der Waals surface area contributed by atoms with E-state index in [4.69, 9.17) is 9.47 Å². The molecule has 3 N–H and O–H groups in total. The molecule has 1 fully saturated rings. The van der Waals surface area contributed by atoms with Gasteiger partial charge >= 0.3 is 6.09 Å². The number of sulfone groups is 1. The number of halogens is 1. The molecule has 1 amide bonds. The summed E-state index contributed by atoms with van der Waals surface area (Å²) in [5, 5.41) is 11.9. The van der Waals surface area contributed by atoms with Gasteiger partial charge in [-0.3, -0.25) is 10.4 Å². The standard InChI is InChI=1S/C18H15FN4O5S/c19-17-11-8-29(25,26)7-9(11)1-2-13(17)20-15-5-16(23-22-15)28-18(24)21-12-3-4-14-10(12)6-27-14/h1-5,10H,6-8H2,(H,21,24)(H2,20,22,23). The maximum Gasteiger partial charge on any atom is 0.418 e. The van der Waals surface area contributed by atoms with Crippen molar-refractivity contribution in [2.75, 3.05) is 11.9 Å². The van der Waals surface area contributed by atoms with Gasteiger partial charge in [-0.15, -0.1) is 5.10 Å². The topological polar surface area (TPSA) is 122 Å². The van der Waals surface area contributed by atoms with E-state index < -0.39 is 21.7 Å². The Kier molecular flexibility index (Phi) is 3.88. The number of amides is 1. The molecule has 1 saturated heterocycles. The molecule has 2 aliphatic heterocycles. The normalized spacial score (nSPS) is 20.5. The quantitative estimate of drug-likeness (QED) is 0.696. The number of H-pyrrole nitrogens is 1. The van der Waals surface area contributed by atoms with Crippen molar-refractivity contribution >= 4 is 27.4 Å². The molecular formula is C18H15FN4O5S. The molecule has 3 heterocycles. The number of carbonyl (C=O) groups is 1. The van der Waals surface area contributed by atoms with E-state index in [0.29, 0.717) is 17.9 Å². The second-order valence-corrected chi connectivity index (χ2v) is 8.98. The highest BCUT2D eigenvalue weighted by atomic mass is 32.2. The number of hydrogen-bond donors (Lipinski definition) is 3. The first kappa shape index (κ1) is 17.7. The average molecular weight is 418 g/mol. The molecule has 1 aromatic carbocycles. The highest BCUT2D eigenvalue weighted by Gasteiger charge is 2.34. The smallest absolute Gasteiger partial charge is 0.418 e. The average Bonchev–Trinajstić information content (AvgIpc) is 3.26. The van der Waals surface area contributed by atoms with Gasteiger partial charge in [-0.2, -0.15) is 0 Å². The fraction of sp³-hybridized carbons (Fsp3) is 0.222. The van der Waals surface area contributed by atoms with Crippen LogP contribution in [0.4, 0.5) is 20.7 Å². The van der Waals surface area contributed by atoms with Crippen LogP contribution in [0.5, 0.6) is 5.88 Å². The molecule has 1 atom stereocenters. The van der Waals surface area contributed by atoms with Crippen LogP contribution >= 0.6 is 0 Å². The maximum absolute atomic E-state index is 14.6. The molecule has 0 bridgehead atoms. The molecular weight excluding hydrogens is 403 g/mol. The fourth-order valence-electron chi connectivity index (χ4n) is 3.45. The number of fused-ring (bicyclic) bond motifs is 2. The van der Waals surface area contributed by atoms with Crippen molar-refractivity contribution in [3.05, 3.63) is 58.8 Å². The SMILES string of the molecule is O=C(NC1=CC=C2OCC12)Oc1cc(Nc2ccc3c(c2F)CS(=O)(=O)C3)[nH]n1. The summed E-state index contributed by atoms with van der Waals surface area (Å²) in [7, 11) is -3.31. The summed E-state index contributed by atoms with van der Waals surface area (Å²) >= 11 is 0. The number of allylic oxidation sites excluding steroid dienone is 2. The van der Waals surface area contributed by atoms with Gasteiger partial charge in [0.05, 0.1) is 23.1 Å². The molecule has 0 radical (unpaired) electrons.